The monoisotopic (exact) mass is 253 g/mol. The number of rotatable bonds is 3. The molecule has 3 heteroatoms. The molecule has 0 aliphatic carbocycles. The molecule has 0 aliphatic rings. The number of hydrogen-bond donors (Lipinski definition) is 1. The van der Waals surface area contributed by atoms with Crippen LogP contribution in [0, 0.1) is 32.1 Å². The second-order valence-electron chi connectivity index (χ2n) is 4.96. The highest BCUT2D eigenvalue weighted by molar-refractivity contribution is 5.49. The zero-order valence-corrected chi connectivity index (χ0v) is 11.9. The van der Waals surface area contributed by atoms with E-state index in [1.807, 2.05) is 24.6 Å². The highest BCUT2D eigenvalue weighted by Gasteiger charge is 2.08. The third-order valence-electron chi connectivity index (χ3n) is 3.74. The van der Waals surface area contributed by atoms with Gasteiger partial charge in [0.1, 0.15) is 11.8 Å². The Hall–Kier alpha value is -2.21. The Morgan fingerprint density at radius 3 is 2.47 bits per heavy atom. The Balaban J connectivity index is 2.15. The Kier molecular flexibility index (Phi) is 3.62. The van der Waals surface area contributed by atoms with Gasteiger partial charge < -0.3 is 9.88 Å². The Morgan fingerprint density at radius 1 is 1.16 bits per heavy atom. The first-order valence-corrected chi connectivity index (χ1v) is 6.39. The second kappa shape index (κ2) is 5.19. The van der Waals surface area contributed by atoms with Crippen LogP contribution in [0.1, 0.15) is 28.1 Å². The van der Waals surface area contributed by atoms with Gasteiger partial charge in [-0.2, -0.15) is 5.26 Å². The van der Waals surface area contributed by atoms with Crippen molar-refractivity contribution in [1.29, 1.82) is 5.26 Å². The summed E-state index contributed by atoms with van der Waals surface area (Å²) < 4.78 is 1.93. The molecule has 0 amide bonds. The lowest BCUT2D eigenvalue weighted by Gasteiger charge is -2.09. The number of anilines is 1. The minimum atomic E-state index is 0.703. The van der Waals surface area contributed by atoms with E-state index in [0.29, 0.717) is 5.69 Å². The van der Waals surface area contributed by atoms with Crippen molar-refractivity contribution in [2.24, 2.45) is 7.05 Å². The summed E-state index contributed by atoms with van der Waals surface area (Å²) >= 11 is 0. The van der Waals surface area contributed by atoms with Gasteiger partial charge in [0.25, 0.3) is 0 Å². The molecule has 1 aromatic heterocycles. The van der Waals surface area contributed by atoms with Crippen LogP contribution in [0.25, 0.3) is 0 Å². The third kappa shape index (κ3) is 2.63. The maximum absolute atomic E-state index is 9.02. The van der Waals surface area contributed by atoms with E-state index in [9.17, 15) is 0 Å². The predicted molar refractivity (Wildman–Crippen MR) is 78.1 cm³/mol. The molecule has 1 N–H and O–H groups in total. The van der Waals surface area contributed by atoms with Gasteiger partial charge in [0.05, 0.1) is 0 Å². The van der Waals surface area contributed by atoms with Crippen LogP contribution in [0.2, 0.25) is 0 Å². The lowest BCUT2D eigenvalue weighted by molar-refractivity contribution is 0.856. The predicted octanol–water partition coefficient (Wildman–Crippen LogP) is 3.43. The molecule has 0 fully saturated rings. The first-order chi connectivity index (χ1) is 9.02. The SMILES string of the molecule is Cc1ccc(NCc2cc(C#N)n(C)c2C)cc1C. The Labute approximate surface area is 114 Å². The van der Waals surface area contributed by atoms with Crippen LogP contribution in [-0.2, 0) is 13.6 Å². The van der Waals surface area contributed by atoms with Gasteiger partial charge in [-0.25, -0.2) is 0 Å². The standard InChI is InChI=1S/C16H19N3/c1-11-5-6-15(7-12(11)2)18-10-14-8-16(9-17)19(4)13(14)3/h5-8,18H,10H2,1-4H3. The summed E-state index contributed by atoms with van der Waals surface area (Å²) in [6.07, 6.45) is 0. The van der Waals surface area contributed by atoms with Gasteiger partial charge in [-0.1, -0.05) is 6.07 Å². The van der Waals surface area contributed by atoms with Crippen molar-refractivity contribution < 1.29 is 0 Å². The fraction of sp³-hybridized carbons (Fsp3) is 0.312. The van der Waals surface area contributed by atoms with Crippen LogP contribution in [0.4, 0.5) is 5.69 Å². The van der Waals surface area contributed by atoms with Crippen LogP contribution in [-0.4, -0.2) is 4.57 Å². The van der Waals surface area contributed by atoms with Crippen LogP contribution in [0.3, 0.4) is 0 Å². The molecular weight excluding hydrogens is 234 g/mol. The Morgan fingerprint density at radius 2 is 1.89 bits per heavy atom. The summed E-state index contributed by atoms with van der Waals surface area (Å²) in [4.78, 5) is 0. The number of aryl methyl sites for hydroxylation is 2. The van der Waals surface area contributed by atoms with Crippen molar-refractivity contribution in [3.05, 3.63) is 52.3 Å². The molecule has 3 nitrogen and oxygen atoms in total. The van der Waals surface area contributed by atoms with Gasteiger partial charge in [-0.15, -0.1) is 0 Å². The van der Waals surface area contributed by atoms with E-state index in [4.69, 9.17) is 5.26 Å². The van der Waals surface area contributed by atoms with Crippen molar-refractivity contribution in [1.82, 2.24) is 4.57 Å². The summed E-state index contributed by atoms with van der Waals surface area (Å²) in [6, 6.07) is 10.5. The molecule has 0 bridgehead atoms. The van der Waals surface area contributed by atoms with Gasteiger partial charge in [0, 0.05) is 25.0 Å². The number of nitrogens with zero attached hydrogens (tertiary/aromatic N) is 2. The van der Waals surface area contributed by atoms with E-state index in [1.165, 1.54) is 11.1 Å². The average Bonchev–Trinajstić information content (AvgIpc) is 2.67. The molecule has 2 rings (SSSR count). The molecule has 0 aliphatic heterocycles. The highest BCUT2D eigenvalue weighted by Crippen LogP contribution is 2.18. The minimum Gasteiger partial charge on any atom is -0.381 e. The molecule has 2 aromatic rings. The largest absolute Gasteiger partial charge is 0.381 e. The molecule has 0 unspecified atom stereocenters. The quantitative estimate of drug-likeness (QED) is 0.910. The summed E-state index contributed by atoms with van der Waals surface area (Å²) in [5.74, 6) is 0. The third-order valence-corrected chi connectivity index (χ3v) is 3.74. The van der Waals surface area contributed by atoms with E-state index >= 15 is 0 Å². The summed E-state index contributed by atoms with van der Waals surface area (Å²) in [7, 11) is 1.92. The molecule has 0 spiro atoms. The van der Waals surface area contributed by atoms with Crippen molar-refractivity contribution >= 4 is 5.69 Å². The van der Waals surface area contributed by atoms with Crippen LogP contribution >= 0.6 is 0 Å². The van der Waals surface area contributed by atoms with Crippen LogP contribution in [0.5, 0.6) is 0 Å². The van der Waals surface area contributed by atoms with Gasteiger partial charge in [0.2, 0.25) is 0 Å². The molecule has 0 saturated heterocycles. The molecule has 0 saturated carbocycles. The van der Waals surface area contributed by atoms with Crippen LogP contribution < -0.4 is 5.32 Å². The number of hydrogen-bond acceptors (Lipinski definition) is 2. The average molecular weight is 253 g/mol. The lowest BCUT2D eigenvalue weighted by Crippen LogP contribution is -2.01. The van der Waals surface area contributed by atoms with Gasteiger partial charge >= 0.3 is 0 Å². The van der Waals surface area contributed by atoms with E-state index < -0.39 is 0 Å². The number of aromatic nitrogens is 1. The topological polar surface area (TPSA) is 40.8 Å². The summed E-state index contributed by atoms with van der Waals surface area (Å²) in [5, 5.41) is 12.4. The smallest absolute Gasteiger partial charge is 0.120 e. The number of nitrogens with one attached hydrogen (secondary N) is 1. The van der Waals surface area contributed by atoms with Crippen molar-refractivity contribution in [3.63, 3.8) is 0 Å². The molecule has 19 heavy (non-hydrogen) atoms. The first-order valence-electron chi connectivity index (χ1n) is 6.39. The van der Waals surface area contributed by atoms with Crippen LogP contribution in [0.15, 0.2) is 24.3 Å². The fourth-order valence-corrected chi connectivity index (χ4v) is 2.10. The van der Waals surface area contributed by atoms with E-state index in [-0.39, 0.29) is 0 Å². The summed E-state index contributed by atoms with van der Waals surface area (Å²) in [6.45, 7) is 7.00. The normalized spacial score (nSPS) is 10.3. The highest BCUT2D eigenvalue weighted by atomic mass is 15.0. The van der Waals surface area contributed by atoms with E-state index in [2.05, 4.69) is 43.4 Å². The second-order valence-corrected chi connectivity index (χ2v) is 4.96. The maximum Gasteiger partial charge on any atom is 0.120 e. The van der Waals surface area contributed by atoms with Gasteiger partial charge in [-0.3, -0.25) is 0 Å². The fourth-order valence-electron chi connectivity index (χ4n) is 2.10. The maximum atomic E-state index is 9.02. The van der Waals surface area contributed by atoms with E-state index in [0.717, 1.165) is 23.5 Å². The number of benzene rings is 1. The summed E-state index contributed by atoms with van der Waals surface area (Å²) in [5.41, 5.74) is 6.70. The molecular formula is C16H19N3. The van der Waals surface area contributed by atoms with Crippen molar-refractivity contribution in [2.45, 2.75) is 27.3 Å². The molecule has 1 aromatic carbocycles. The molecule has 0 atom stereocenters. The Bertz CT molecular complexity index is 645. The molecule has 1 heterocycles. The van der Waals surface area contributed by atoms with Crippen molar-refractivity contribution in [2.75, 3.05) is 5.32 Å². The first kappa shape index (κ1) is 13.2. The van der Waals surface area contributed by atoms with Gasteiger partial charge in [-0.05, 0) is 55.7 Å². The lowest BCUT2D eigenvalue weighted by atomic mass is 10.1. The van der Waals surface area contributed by atoms with E-state index in [1.54, 1.807) is 0 Å². The van der Waals surface area contributed by atoms with Crippen molar-refractivity contribution in [3.8, 4) is 6.07 Å². The zero-order valence-electron chi connectivity index (χ0n) is 11.9. The zero-order chi connectivity index (χ0) is 14.0. The minimum absolute atomic E-state index is 0.703. The molecule has 98 valence electrons. The number of nitriles is 1. The molecule has 0 radical (unpaired) electrons. The van der Waals surface area contributed by atoms with Gasteiger partial charge in [0.15, 0.2) is 0 Å².